The van der Waals surface area contributed by atoms with Crippen LogP contribution in [0, 0.1) is 6.92 Å². The minimum atomic E-state index is -4.02. The maximum absolute atomic E-state index is 10.5. The Morgan fingerprint density at radius 2 is 1.50 bits per heavy atom. The molecule has 0 bridgehead atoms. The van der Waals surface area contributed by atoms with Crippen LogP contribution in [0.4, 0.5) is 0 Å². The summed E-state index contributed by atoms with van der Waals surface area (Å²) in [5.41, 5.74) is 0.956. The number of pyridine rings is 1. The Hall–Kier alpha value is -1.12. The summed E-state index contributed by atoms with van der Waals surface area (Å²) in [6, 6.07) is 11.7. The summed E-state index contributed by atoms with van der Waals surface area (Å²) in [6.45, 7) is 1.84. The van der Waals surface area contributed by atoms with E-state index in [1.807, 2.05) is 25.1 Å². The molecule has 0 spiro atoms. The summed E-state index contributed by atoms with van der Waals surface area (Å²) < 4.78 is 29.6. The van der Waals surface area contributed by atoms with Crippen LogP contribution in [-0.4, -0.2) is 36.8 Å². The van der Waals surface area contributed by atoms with Gasteiger partial charge in [0, 0.05) is 12.4 Å². The van der Waals surface area contributed by atoms with Crippen LogP contribution < -0.4 is 0 Å². The van der Waals surface area contributed by atoms with Crippen LogP contribution in [0.5, 0.6) is 0 Å². The second kappa shape index (κ2) is 8.06. The standard InChI is InChI=1S/C7H8O3S.C5H5N.Li.H/c1-6-2-4-7(5-3-6)11(8,9)10;1-2-4-6-5-3-1;;/h2-5H,1H3,(H,8,9,10);1-5H;;. The van der Waals surface area contributed by atoms with E-state index in [-0.39, 0.29) is 23.8 Å². The molecule has 92 valence electrons. The summed E-state index contributed by atoms with van der Waals surface area (Å²) in [7, 11) is -4.02. The van der Waals surface area contributed by atoms with Crippen LogP contribution in [0.25, 0.3) is 0 Å². The molecule has 0 amide bonds. The molecule has 0 radical (unpaired) electrons. The molecule has 0 aliphatic rings. The number of benzene rings is 1. The fraction of sp³-hybridized carbons (Fsp3) is 0.0833. The van der Waals surface area contributed by atoms with E-state index in [4.69, 9.17) is 4.55 Å². The van der Waals surface area contributed by atoms with Crippen molar-refractivity contribution in [1.29, 1.82) is 0 Å². The van der Waals surface area contributed by atoms with Crippen molar-refractivity contribution in [2.24, 2.45) is 0 Å². The van der Waals surface area contributed by atoms with Crippen LogP contribution in [0.2, 0.25) is 0 Å². The van der Waals surface area contributed by atoms with Gasteiger partial charge >= 0.3 is 18.9 Å². The van der Waals surface area contributed by atoms with Crippen molar-refractivity contribution in [3.63, 3.8) is 0 Å². The molecule has 2 rings (SSSR count). The number of hydrogen-bond acceptors (Lipinski definition) is 3. The minimum absolute atomic E-state index is 0. The summed E-state index contributed by atoms with van der Waals surface area (Å²) in [5.74, 6) is 0. The fourth-order valence-corrected chi connectivity index (χ4v) is 1.50. The zero-order chi connectivity index (χ0) is 12.7. The summed E-state index contributed by atoms with van der Waals surface area (Å²) in [4.78, 5) is 3.72. The molecule has 1 heterocycles. The van der Waals surface area contributed by atoms with Crippen molar-refractivity contribution in [2.45, 2.75) is 11.8 Å². The van der Waals surface area contributed by atoms with Gasteiger partial charge in [0.05, 0.1) is 4.90 Å². The molecule has 0 unspecified atom stereocenters. The maximum Gasteiger partial charge on any atom is 0.0267 e. The molecular weight excluding hydrogens is 245 g/mol. The third-order valence-electron chi connectivity index (χ3n) is 1.89. The van der Waals surface area contributed by atoms with E-state index >= 15 is 0 Å². The molecule has 2 aromatic rings. The second-order valence-corrected chi connectivity index (χ2v) is 4.73. The van der Waals surface area contributed by atoms with Gasteiger partial charge in [-0.2, -0.15) is 8.42 Å². The van der Waals surface area contributed by atoms with E-state index in [1.54, 1.807) is 24.5 Å². The Kier molecular flexibility index (Phi) is 7.56. The Bertz CT molecular complexity index is 515. The average molecular weight is 259 g/mol. The summed E-state index contributed by atoms with van der Waals surface area (Å²) in [5, 5.41) is 0. The van der Waals surface area contributed by atoms with E-state index < -0.39 is 10.1 Å². The van der Waals surface area contributed by atoms with E-state index in [0.717, 1.165) is 5.56 Å². The van der Waals surface area contributed by atoms with E-state index in [1.165, 1.54) is 12.1 Å². The largest absolute Gasteiger partial charge is 0.265 e. The molecule has 0 saturated heterocycles. The van der Waals surface area contributed by atoms with E-state index in [2.05, 4.69) is 4.98 Å². The van der Waals surface area contributed by atoms with Gasteiger partial charge in [-0.1, -0.05) is 23.8 Å². The molecule has 1 N–H and O–H groups in total. The van der Waals surface area contributed by atoms with Gasteiger partial charge in [0.15, 0.2) is 0 Å². The first-order valence-corrected chi connectivity index (χ1v) is 6.33. The Morgan fingerprint density at radius 3 is 1.78 bits per heavy atom. The number of aryl methyl sites for hydroxylation is 1. The van der Waals surface area contributed by atoms with Crippen molar-refractivity contribution in [3.8, 4) is 0 Å². The van der Waals surface area contributed by atoms with Crippen molar-refractivity contribution >= 4 is 29.0 Å². The molecule has 0 fully saturated rings. The van der Waals surface area contributed by atoms with Crippen LogP contribution in [0.3, 0.4) is 0 Å². The molecule has 1 aromatic heterocycles. The van der Waals surface area contributed by atoms with Crippen molar-refractivity contribution in [1.82, 2.24) is 4.98 Å². The van der Waals surface area contributed by atoms with Crippen molar-refractivity contribution in [3.05, 3.63) is 60.4 Å². The average Bonchev–Trinajstić information content (AvgIpc) is 2.31. The Labute approximate surface area is 119 Å². The molecule has 1 aromatic carbocycles. The van der Waals surface area contributed by atoms with Crippen molar-refractivity contribution in [2.75, 3.05) is 0 Å². The summed E-state index contributed by atoms with van der Waals surface area (Å²) in [6.07, 6.45) is 3.50. The van der Waals surface area contributed by atoms with Crippen LogP contribution in [0.1, 0.15) is 5.56 Å². The Morgan fingerprint density at radius 1 is 1.00 bits per heavy atom. The fourth-order valence-electron chi connectivity index (χ4n) is 1.02. The first-order valence-electron chi connectivity index (χ1n) is 4.89. The van der Waals surface area contributed by atoms with Gasteiger partial charge in [-0.3, -0.25) is 9.54 Å². The number of nitrogens with zero attached hydrogens (tertiary/aromatic N) is 1. The van der Waals surface area contributed by atoms with Crippen LogP contribution >= 0.6 is 0 Å². The third kappa shape index (κ3) is 6.57. The molecule has 0 aliphatic heterocycles. The quantitative estimate of drug-likeness (QED) is 0.625. The van der Waals surface area contributed by atoms with Gasteiger partial charge in [0.2, 0.25) is 0 Å². The zero-order valence-corrected chi connectivity index (χ0v) is 10.1. The predicted molar refractivity (Wildman–Crippen MR) is 72.4 cm³/mol. The normalized spacial score (nSPS) is 9.67. The van der Waals surface area contributed by atoms with Gasteiger partial charge < -0.3 is 0 Å². The van der Waals surface area contributed by atoms with Crippen molar-refractivity contribution < 1.29 is 13.0 Å². The molecule has 0 aliphatic carbocycles. The first kappa shape index (κ1) is 16.9. The Balaban J connectivity index is 0.000000352. The van der Waals surface area contributed by atoms with Gasteiger partial charge in [0.1, 0.15) is 0 Å². The second-order valence-electron chi connectivity index (χ2n) is 3.31. The SMILES string of the molecule is Cc1ccc(S(=O)(=O)O)cc1.[LiH].c1ccncc1. The predicted octanol–water partition coefficient (Wildman–Crippen LogP) is 1.67. The zero-order valence-electron chi connectivity index (χ0n) is 9.32. The maximum atomic E-state index is 10.5. The van der Waals surface area contributed by atoms with Crippen LogP contribution in [-0.2, 0) is 10.1 Å². The number of aromatic nitrogens is 1. The molecule has 18 heavy (non-hydrogen) atoms. The van der Waals surface area contributed by atoms with E-state index in [0.29, 0.717) is 0 Å². The molecule has 0 saturated carbocycles. The summed E-state index contributed by atoms with van der Waals surface area (Å²) >= 11 is 0. The van der Waals surface area contributed by atoms with Gasteiger partial charge in [-0.05, 0) is 31.2 Å². The van der Waals surface area contributed by atoms with E-state index in [9.17, 15) is 8.42 Å². The van der Waals surface area contributed by atoms with Gasteiger partial charge in [-0.15, -0.1) is 0 Å². The number of rotatable bonds is 1. The van der Waals surface area contributed by atoms with Crippen LogP contribution in [0.15, 0.2) is 59.8 Å². The molecule has 0 atom stereocenters. The van der Waals surface area contributed by atoms with Gasteiger partial charge in [-0.25, -0.2) is 0 Å². The minimum Gasteiger partial charge on any atom is -0.265 e. The monoisotopic (exact) mass is 259 g/mol. The molecule has 6 heteroatoms. The first-order chi connectivity index (χ1) is 8.00. The molecule has 4 nitrogen and oxygen atoms in total. The number of hydrogen-bond donors (Lipinski definition) is 1. The van der Waals surface area contributed by atoms with Gasteiger partial charge in [0.25, 0.3) is 10.1 Å². The smallest absolute Gasteiger partial charge is 0.0267 e. The third-order valence-corrected chi connectivity index (χ3v) is 2.75. The topological polar surface area (TPSA) is 67.3 Å². The molecular formula is C12H14LiNO3S.